The molecule has 2 aromatic carbocycles. The van der Waals surface area contributed by atoms with E-state index < -0.39 is 21.6 Å². The van der Waals surface area contributed by atoms with Crippen molar-refractivity contribution in [2.75, 3.05) is 12.4 Å². The molecule has 0 amide bonds. The molecule has 0 spiro atoms. The highest BCUT2D eigenvalue weighted by atomic mass is 32.2. The molecular formula is C15H14O7S. The molecule has 0 saturated heterocycles. The van der Waals surface area contributed by atoms with Gasteiger partial charge in [0.1, 0.15) is 29.4 Å². The standard InChI is InChI=1S/C15H14O7S/c16-10-2-1-3-12(8-10)23(20,21)7-6-22-11-4-5-13(15(18)19)14(17)9-11/h1-5,8-9,16-17H,6-7H2,(H,18,19). The molecule has 0 heterocycles. The molecule has 7 nitrogen and oxygen atoms in total. The Morgan fingerprint density at radius 2 is 1.83 bits per heavy atom. The fraction of sp³-hybridized carbons (Fsp3) is 0.133. The number of ether oxygens (including phenoxy) is 1. The van der Waals surface area contributed by atoms with Gasteiger partial charge in [0, 0.05) is 6.07 Å². The Labute approximate surface area is 132 Å². The van der Waals surface area contributed by atoms with E-state index in [4.69, 9.17) is 9.84 Å². The van der Waals surface area contributed by atoms with Crippen molar-refractivity contribution >= 4 is 15.8 Å². The maximum Gasteiger partial charge on any atom is 0.339 e. The van der Waals surface area contributed by atoms with E-state index in [0.29, 0.717) is 0 Å². The zero-order chi connectivity index (χ0) is 17.0. The molecule has 0 atom stereocenters. The minimum atomic E-state index is -3.63. The van der Waals surface area contributed by atoms with E-state index in [9.17, 15) is 23.4 Å². The molecule has 0 unspecified atom stereocenters. The van der Waals surface area contributed by atoms with Gasteiger partial charge in [0.2, 0.25) is 0 Å². The Kier molecular flexibility index (Phi) is 4.75. The van der Waals surface area contributed by atoms with Crippen LogP contribution in [-0.4, -0.2) is 42.1 Å². The largest absolute Gasteiger partial charge is 0.508 e. The Morgan fingerprint density at radius 1 is 1.09 bits per heavy atom. The highest BCUT2D eigenvalue weighted by Gasteiger charge is 2.16. The predicted octanol–water partition coefficient (Wildman–Crippen LogP) is 1.65. The molecule has 2 rings (SSSR count). The van der Waals surface area contributed by atoms with Crippen molar-refractivity contribution in [3.8, 4) is 17.2 Å². The average molecular weight is 338 g/mol. The van der Waals surface area contributed by atoms with Gasteiger partial charge in [0.05, 0.1) is 10.6 Å². The van der Waals surface area contributed by atoms with Gasteiger partial charge in [-0.2, -0.15) is 0 Å². The summed E-state index contributed by atoms with van der Waals surface area (Å²) in [6.07, 6.45) is 0. The summed E-state index contributed by atoms with van der Waals surface area (Å²) in [5.41, 5.74) is -0.273. The Morgan fingerprint density at radius 3 is 2.43 bits per heavy atom. The molecule has 8 heteroatoms. The van der Waals surface area contributed by atoms with Gasteiger partial charge >= 0.3 is 5.97 Å². The molecule has 3 N–H and O–H groups in total. The Bertz CT molecular complexity index is 827. The number of phenols is 2. The van der Waals surface area contributed by atoms with Gasteiger partial charge in [-0.3, -0.25) is 0 Å². The summed E-state index contributed by atoms with van der Waals surface area (Å²) in [7, 11) is -3.63. The Hall–Kier alpha value is -2.74. The first-order chi connectivity index (χ1) is 10.8. The third-order valence-corrected chi connectivity index (χ3v) is 4.67. The number of rotatable bonds is 6. The molecule has 23 heavy (non-hydrogen) atoms. The van der Waals surface area contributed by atoms with Crippen molar-refractivity contribution in [2.24, 2.45) is 0 Å². The molecule has 0 radical (unpaired) electrons. The van der Waals surface area contributed by atoms with Crippen LogP contribution in [-0.2, 0) is 9.84 Å². The first-order valence-corrected chi connectivity index (χ1v) is 8.16. The van der Waals surface area contributed by atoms with E-state index >= 15 is 0 Å². The summed E-state index contributed by atoms with van der Waals surface area (Å²) in [5, 5.41) is 27.6. The third-order valence-electron chi connectivity index (χ3n) is 3.00. The lowest BCUT2D eigenvalue weighted by Crippen LogP contribution is -2.14. The van der Waals surface area contributed by atoms with E-state index in [-0.39, 0.29) is 34.3 Å². The normalized spacial score (nSPS) is 11.1. The van der Waals surface area contributed by atoms with E-state index in [2.05, 4.69) is 0 Å². The van der Waals surface area contributed by atoms with Crippen molar-refractivity contribution in [1.82, 2.24) is 0 Å². The lowest BCUT2D eigenvalue weighted by atomic mass is 10.2. The number of carboxylic acid groups (broad SMARTS) is 1. The van der Waals surface area contributed by atoms with Crippen LogP contribution >= 0.6 is 0 Å². The number of aromatic hydroxyl groups is 2. The van der Waals surface area contributed by atoms with Gasteiger partial charge in [-0.25, -0.2) is 13.2 Å². The van der Waals surface area contributed by atoms with Crippen molar-refractivity contribution in [1.29, 1.82) is 0 Å². The minimum absolute atomic E-state index is 0.0230. The van der Waals surface area contributed by atoms with E-state index in [0.717, 1.165) is 18.2 Å². The zero-order valence-corrected chi connectivity index (χ0v) is 12.7. The van der Waals surface area contributed by atoms with Gasteiger partial charge in [0.25, 0.3) is 0 Å². The lowest BCUT2D eigenvalue weighted by Gasteiger charge is -2.09. The highest BCUT2D eigenvalue weighted by molar-refractivity contribution is 7.91. The van der Waals surface area contributed by atoms with Crippen LogP contribution < -0.4 is 4.74 Å². The zero-order valence-electron chi connectivity index (χ0n) is 11.8. The molecular weight excluding hydrogens is 324 g/mol. The number of phenolic OH excluding ortho intramolecular Hbond substituents is 1. The monoisotopic (exact) mass is 338 g/mol. The van der Waals surface area contributed by atoms with E-state index in [1.54, 1.807) is 0 Å². The molecule has 2 aromatic rings. The first-order valence-electron chi connectivity index (χ1n) is 6.50. The van der Waals surface area contributed by atoms with E-state index in [1.807, 2.05) is 0 Å². The number of sulfone groups is 1. The number of carboxylic acids is 1. The van der Waals surface area contributed by atoms with Crippen molar-refractivity contribution < 1.29 is 33.3 Å². The molecule has 122 valence electrons. The van der Waals surface area contributed by atoms with Crippen LogP contribution in [0.15, 0.2) is 47.4 Å². The number of carbonyl (C=O) groups is 1. The summed E-state index contributed by atoms with van der Waals surface area (Å²) >= 11 is 0. The average Bonchev–Trinajstić information content (AvgIpc) is 2.46. The number of hydrogen-bond acceptors (Lipinski definition) is 6. The number of benzene rings is 2. The maximum absolute atomic E-state index is 12.1. The topological polar surface area (TPSA) is 121 Å². The molecule has 0 aliphatic heterocycles. The maximum atomic E-state index is 12.1. The van der Waals surface area contributed by atoms with Gasteiger partial charge < -0.3 is 20.1 Å². The quantitative estimate of drug-likeness (QED) is 0.732. The number of hydrogen-bond donors (Lipinski definition) is 3. The molecule has 0 aliphatic rings. The summed E-state index contributed by atoms with van der Waals surface area (Å²) in [5.74, 6) is -2.08. The van der Waals surface area contributed by atoms with Crippen molar-refractivity contribution in [2.45, 2.75) is 4.90 Å². The van der Waals surface area contributed by atoms with Crippen LogP contribution in [0.5, 0.6) is 17.2 Å². The van der Waals surface area contributed by atoms with Crippen LogP contribution in [0.1, 0.15) is 10.4 Å². The van der Waals surface area contributed by atoms with Crippen molar-refractivity contribution in [3.63, 3.8) is 0 Å². The van der Waals surface area contributed by atoms with Crippen LogP contribution in [0.4, 0.5) is 0 Å². The minimum Gasteiger partial charge on any atom is -0.508 e. The van der Waals surface area contributed by atoms with Crippen LogP contribution in [0.2, 0.25) is 0 Å². The van der Waals surface area contributed by atoms with Gasteiger partial charge in [-0.05, 0) is 30.3 Å². The summed E-state index contributed by atoms with van der Waals surface area (Å²) in [6, 6.07) is 8.88. The van der Waals surface area contributed by atoms with E-state index in [1.165, 1.54) is 24.3 Å². The first kappa shape index (κ1) is 16.6. The van der Waals surface area contributed by atoms with Crippen LogP contribution in [0.3, 0.4) is 0 Å². The molecule has 0 bridgehead atoms. The second-order valence-corrected chi connectivity index (χ2v) is 6.76. The molecule has 0 fully saturated rings. The fourth-order valence-corrected chi connectivity index (χ4v) is 2.97. The van der Waals surface area contributed by atoms with Crippen LogP contribution in [0.25, 0.3) is 0 Å². The molecule has 0 saturated carbocycles. The second kappa shape index (κ2) is 6.57. The lowest BCUT2D eigenvalue weighted by molar-refractivity contribution is 0.0693. The molecule has 0 aliphatic carbocycles. The van der Waals surface area contributed by atoms with Gasteiger partial charge in [0.15, 0.2) is 9.84 Å². The highest BCUT2D eigenvalue weighted by Crippen LogP contribution is 2.24. The number of aromatic carboxylic acids is 1. The van der Waals surface area contributed by atoms with Gasteiger partial charge in [-0.1, -0.05) is 6.07 Å². The summed E-state index contributed by atoms with van der Waals surface area (Å²) in [4.78, 5) is 10.7. The summed E-state index contributed by atoms with van der Waals surface area (Å²) in [6.45, 7) is -0.191. The summed E-state index contributed by atoms with van der Waals surface area (Å²) < 4.78 is 29.3. The molecule has 0 aromatic heterocycles. The van der Waals surface area contributed by atoms with Gasteiger partial charge in [-0.15, -0.1) is 0 Å². The van der Waals surface area contributed by atoms with Crippen molar-refractivity contribution in [3.05, 3.63) is 48.0 Å². The predicted molar refractivity (Wildman–Crippen MR) is 80.7 cm³/mol. The SMILES string of the molecule is O=C(O)c1ccc(OCCS(=O)(=O)c2cccc(O)c2)cc1O. The Balaban J connectivity index is 2.02. The second-order valence-electron chi connectivity index (χ2n) is 4.65. The third kappa shape index (κ3) is 4.13. The van der Waals surface area contributed by atoms with Crippen LogP contribution in [0, 0.1) is 0 Å². The smallest absolute Gasteiger partial charge is 0.339 e. The fourth-order valence-electron chi connectivity index (χ4n) is 1.85.